The van der Waals surface area contributed by atoms with Crippen molar-refractivity contribution in [3.05, 3.63) is 77.7 Å². The Morgan fingerprint density at radius 1 is 1.06 bits per heavy atom. The quantitative estimate of drug-likeness (QED) is 0.242. The van der Waals surface area contributed by atoms with Crippen molar-refractivity contribution < 1.29 is 66.6 Å². The fourth-order valence-electron chi connectivity index (χ4n) is 3.93. The summed E-state index contributed by atoms with van der Waals surface area (Å²) in [5.74, 6) is -1.90. The second-order valence-electron chi connectivity index (χ2n) is 8.65. The van der Waals surface area contributed by atoms with Crippen molar-refractivity contribution in [1.29, 1.82) is 0 Å². The van der Waals surface area contributed by atoms with Gasteiger partial charge in [-0.2, -0.15) is 0 Å². The Kier molecular flexibility index (Phi) is 12.9. The van der Waals surface area contributed by atoms with Crippen LogP contribution in [-0.2, 0) is 15.8 Å². The molecule has 1 heterocycles. The average Bonchev–Trinajstić information content (AvgIpc) is 2.77. The number of nitrogens with zero attached hydrogens (tertiary/aromatic N) is 1. The molecule has 0 fully saturated rings. The SMILES string of the molecule is CC(C)c1nc(-c2ccccc2)cc(-c2ccc(F)cc2)c1CCP(=O)([O-])C[C@H](O)CC(=O)[O-].[Li+].[Li+]. The van der Waals surface area contributed by atoms with Crippen molar-refractivity contribution >= 4 is 13.3 Å². The number of carbonyl (C=O) groups excluding carboxylic acids is 1. The molecular formula is C26H27FLi2NO5P. The summed E-state index contributed by atoms with van der Waals surface area (Å²) in [6.45, 7) is 3.94. The van der Waals surface area contributed by atoms with Crippen molar-refractivity contribution in [2.75, 3.05) is 12.3 Å². The largest absolute Gasteiger partial charge is 1.00 e. The Balaban J connectivity index is 0.00000324. The number of halogens is 1. The second kappa shape index (κ2) is 14.3. The van der Waals surface area contributed by atoms with Crippen LogP contribution in [0.3, 0.4) is 0 Å². The maximum absolute atomic E-state index is 13.6. The summed E-state index contributed by atoms with van der Waals surface area (Å²) in [4.78, 5) is 28.2. The van der Waals surface area contributed by atoms with Crippen LogP contribution in [0.4, 0.5) is 4.39 Å². The van der Waals surface area contributed by atoms with E-state index in [1.165, 1.54) is 12.1 Å². The monoisotopic (exact) mass is 497 g/mol. The molecular weight excluding hydrogens is 470 g/mol. The summed E-state index contributed by atoms with van der Waals surface area (Å²) in [7, 11) is -4.09. The average molecular weight is 497 g/mol. The molecule has 0 aliphatic heterocycles. The number of aliphatic carboxylic acids is 1. The van der Waals surface area contributed by atoms with Gasteiger partial charge < -0.3 is 24.5 Å². The number of aliphatic hydroxyl groups excluding tert-OH is 1. The zero-order chi connectivity index (χ0) is 24.9. The number of carboxylic acids is 1. The van der Waals surface area contributed by atoms with Gasteiger partial charge in [0.15, 0.2) is 0 Å². The summed E-state index contributed by atoms with van der Waals surface area (Å²) in [5, 5.41) is 20.4. The Labute approximate surface area is 235 Å². The minimum Gasteiger partial charge on any atom is -0.799 e. The number of benzene rings is 2. The van der Waals surface area contributed by atoms with Gasteiger partial charge in [0, 0.05) is 37.2 Å². The van der Waals surface area contributed by atoms with E-state index in [-0.39, 0.29) is 62.0 Å². The van der Waals surface area contributed by atoms with Gasteiger partial charge in [-0.05, 0) is 53.4 Å². The van der Waals surface area contributed by atoms with E-state index in [0.717, 1.165) is 33.6 Å². The van der Waals surface area contributed by atoms with Crippen molar-refractivity contribution in [3.63, 3.8) is 0 Å². The molecule has 3 aromatic rings. The Hall–Kier alpha value is -1.67. The zero-order valence-electron chi connectivity index (χ0n) is 21.1. The van der Waals surface area contributed by atoms with Crippen LogP contribution in [0.2, 0.25) is 0 Å². The van der Waals surface area contributed by atoms with E-state index in [2.05, 4.69) is 0 Å². The van der Waals surface area contributed by atoms with E-state index in [0.29, 0.717) is 0 Å². The standard InChI is InChI=1S/C26H29FNO5P.2Li/c1-17(2)26-22(12-13-34(32,33)16-21(29)14-25(30)31)23(18-8-10-20(27)11-9-18)15-24(28-26)19-6-4-3-5-7-19;;/h3-11,15,17,21,29H,12-14,16H2,1-2H3,(H,30,31)(H,32,33);;/q;2*+1/p-2/t21-;;/m1../s1. The van der Waals surface area contributed by atoms with Gasteiger partial charge in [-0.3, -0.25) is 4.98 Å². The summed E-state index contributed by atoms with van der Waals surface area (Å²) in [6.07, 6.45) is -3.04. The number of carbonyl (C=O) groups is 1. The third-order valence-corrected chi connectivity index (χ3v) is 7.40. The minimum atomic E-state index is -4.09. The summed E-state index contributed by atoms with van der Waals surface area (Å²) in [5.41, 5.74) is 4.58. The van der Waals surface area contributed by atoms with Crippen molar-refractivity contribution in [1.82, 2.24) is 4.98 Å². The molecule has 1 unspecified atom stereocenters. The maximum atomic E-state index is 13.6. The number of hydrogen-bond donors (Lipinski definition) is 1. The van der Waals surface area contributed by atoms with Crippen molar-refractivity contribution in [2.45, 2.75) is 38.7 Å². The third-order valence-electron chi connectivity index (χ3n) is 5.52. The van der Waals surface area contributed by atoms with Crippen LogP contribution in [0, 0.1) is 5.82 Å². The van der Waals surface area contributed by atoms with E-state index in [1.54, 1.807) is 12.1 Å². The normalized spacial score (nSPS) is 13.3. The first-order chi connectivity index (χ1) is 16.1. The molecule has 0 amide bonds. The van der Waals surface area contributed by atoms with Crippen LogP contribution in [0.15, 0.2) is 60.7 Å². The van der Waals surface area contributed by atoms with E-state index in [4.69, 9.17) is 4.98 Å². The van der Waals surface area contributed by atoms with Gasteiger partial charge in [0.25, 0.3) is 0 Å². The molecule has 0 saturated carbocycles. The molecule has 0 spiro atoms. The van der Waals surface area contributed by atoms with Crippen molar-refractivity contribution in [3.8, 4) is 22.4 Å². The number of aliphatic hydroxyl groups is 1. The number of carboxylic acid groups (broad SMARTS) is 1. The molecule has 0 radical (unpaired) electrons. The van der Waals surface area contributed by atoms with E-state index in [1.807, 2.05) is 50.2 Å². The molecule has 1 N–H and O–H groups in total. The first-order valence-corrected chi connectivity index (χ1v) is 13.1. The molecule has 0 saturated heterocycles. The summed E-state index contributed by atoms with van der Waals surface area (Å²) in [6, 6.07) is 17.5. The van der Waals surface area contributed by atoms with Gasteiger partial charge in [0.2, 0.25) is 0 Å². The fraction of sp³-hybridized carbons (Fsp3) is 0.308. The zero-order valence-corrected chi connectivity index (χ0v) is 22.0. The molecule has 0 aliphatic rings. The van der Waals surface area contributed by atoms with Crippen LogP contribution >= 0.6 is 7.37 Å². The molecule has 6 nitrogen and oxygen atoms in total. The topological polar surface area (TPSA) is 113 Å². The van der Waals surface area contributed by atoms with Gasteiger partial charge in [-0.15, -0.1) is 0 Å². The molecule has 36 heavy (non-hydrogen) atoms. The first kappa shape index (κ1) is 32.4. The number of rotatable bonds is 10. The summed E-state index contributed by atoms with van der Waals surface area (Å²) < 4.78 is 26.3. The third kappa shape index (κ3) is 9.02. The molecule has 0 bridgehead atoms. The van der Waals surface area contributed by atoms with Gasteiger partial charge in [-0.25, -0.2) is 4.39 Å². The molecule has 2 aromatic carbocycles. The van der Waals surface area contributed by atoms with Crippen LogP contribution in [0.5, 0.6) is 0 Å². The molecule has 3 rings (SSSR count). The second-order valence-corrected chi connectivity index (χ2v) is 11.1. The molecule has 0 aliphatic carbocycles. The van der Waals surface area contributed by atoms with Gasteiger partial charge in [-0.1, -0.05) is 56.3 Å². The molecule has 180 valence electrons. The van der Waals surface area contributed by atoms with Gasteiger partial charge in [0.1, 0.15) is 5.82 Å². The molecule has 10 heteroatoms. The Morgan fingerprint density at radius 2 is 1.67 bits per heavy atom. The predicted octanol–water partition coefficient (Wildman–Crippen LogP) is -2.63. The van der Waals surface area contributed by atoms with Crippen LogP contribution in [0.1, 0.15) is 37.4 Å². The van der Waals surface area contributed by atoms with Crippen LogP contribution in [0.25, 0.3) is 22.4 Å². The van der Waals surface area contributed by atoms with Gasteiger partial charge >= 0.3 is 37.7 Å². The van der Waals surface area contributed by atoms with Gasteiger partial charge in [0.05, 0.1) is 11.8 Å². The number of pyridine rings is 1. The number of hydrogen-bond acceptors (Lipinski definition) is 6. The molecule has 2 atom stereocenters. The van der Waals surface area contributed by atoms with E-state index < -0.39 is 32.0 Å². The molecule has 1 aromatic heterocycles. The first-order valence-electron chi connectivity index (χ1n) is 11.1. The smallest absolute Gasteiger partial charge is 0.799 e. The van der Waals surface area contributed by atoms with E-state index >= 15 is 0 Å². The predicted molar refractivity (Wildman–Crippen MR) is 126 cm³/mol. The van der Waals surface area contributed by atoms with Crippen LogP contribution in [-0.4, -0.2) is 34.5 Å². The minimum absolute atomic E-state index is 0. The maximum Gasteiger partial charge on any atom is 1.00 e. The summed E-state index contributed by atoms with van der Waals surface area (Å²) >= 11 is 0. The Bertz CT molecular complexity index is 1190. The van der Waals surface area contributed by atoms with Crippen LogP contribution < -0.4 is 47.7 Å². The van der Waals surface area contributed by atoms with E-state index in [9.17, 15) is 28.9 Å². The Morgan fingerprint density at radius 3 is 2.22 bits per heavy atom. The fourth-order valence-corrected chi connectivity index (χ4v) is 5.45. The van der Waals surface area contributed by atoms with Crippen molar-refractivity contribution in [2.24, 2.45) is 0 Å². The number of aromatic nitrogens is 1.